The number of hydrogen-bond donors (Lipinski definition) is 1. The maximum atomic E-state index is 12.5. The molecule has 0 radical (unpaired) electrons. The average Bonchev–Trinajstić information content (AvgIpc) is 3.28. The van der Waals surface area contributed by atoms with Crippen LogP contribution in [0.2, 0.25) is 0 Å². The Morgan fingerprint density at radius 1 is 1.43 bits per heavy atom. The molecule has 1 saturated carbocycles. The van der Waals surface area contributed by atoms with Gasteiger partial charge in [0, 0.05) is 17.6 Å². The molecule has 0 unspecified atom stereocenters. The Balaban J connectivity index is 1.71. The summed E-state index contributed by atoms with van der Waals surface area (Å²) in [5.41, 5.74) is 1.01. The van der Waals surface area contributed by atoms with Gasteiger partial charge in [-0.15, -0.1) is 11.3 Å². The van der Waals surface area contributed by atoms with Crippen LogP contribution in [0.1, 0.15) is 29.5 Å². The molecule has 1 fully saturated rings. The second-order valence-corrected chi connectivity index (χ2v) is 6.50. The summed E-state index contributed by atoms with van der Waals surface area (Å²) in [6.07, 6.45) is 3.89. The zero-order valence-corrected chi connectivity index (χ0v) is 13.5. The first kappa shape index (κ1) is 15.7. The van der Waals surface area contributed by atoms with Gasteiger partial charge in [-0.2, -0.15) is 5.26 Å². The number of carbonyl (C=O) groups excluding carboxylic acids is 1. The summed E-state index contributed by atoms with van der Waals surface area (Å²) in [6.45, 7) is 0.554. The SMILES string of the molecule is N#CCN(CC(=O)N[C@@H](c1ccccc1)c1nccs1)C1CC1. The third-order valence-electron chi connectivity index (χ3n) is 3.82. The topological polar surface area (TPSA) is 69.0 Å². The van der Waals surface area contributed by atoms with Crippen molar-refractivity contribution in [1.29, 1.82) is 5.26 Å². The van der Waals surface area contributed by atoms with Crippen LogP contribution in [0.3, 0.4) is 0 Å². The molecule has 0 saturated heterocycles. The predicted molar refractivity (Wildman–Crippen MR) is 88.7 cm³/mol. The molecule has 1 aliphatic carbocycles. The van der Waals surface area contributed by atoms with Crippen LogP contribution in [-0.4, -0.2) is 34.9 Å². The van der Waals surface area contributed by atoms with Crippen molar-refractivity contribution in [3.05, 3.63) is 52.5 Å². The molecule has 1 amide bonds. The number of benzene rings is 1. The number of rotatable bonds is 7. The minimum absolute atomic E-state index is 0.0730. The smallest absolute Gasteiger partial charge is 0.235 e. The summed E-state index contributed by atoms with van der Waals surface area (Å²) in [7, 11) is 0. The number of nitrogens with zero attached hydrogens (tertiary/aromatic N) is 3. The van der Waals surface area contributed by atoms with E-state index in [0.29, 0.717) is 12.6 Å². The second kappa shape index (κ2) is 7.36. The number of aromatic nitrogens is 1. The van der Waals surface area contributed by atoms with Gasteiger partial charge in [0.05, 0.1) is 19.2 Å². The molecule has 1 atom stereocenters. The van der Waals surface area contributed by atoms with Gasteiger partial charge in [-0.25, -0.2) is 4.98 Å². The minimum atomic E-state index is -0.244. The molecule has 1 aliphatic rings. The average molecular weight is 326 g/mol. The van der Waals surface area contributed by atoms with E-state index < -0.39 is 0 Å². The van der Waals surface area contributed by atoms with Crippen LogP contribution < -0.4 is 5.32 Å². The van der Waals surface area contributed by atoms with Crippen LogP contribution in [0, 0.1) is 11.3 Å². The standard InChI is InChI=1S/C17H18N4OS/c18-8-10-21(14-6-7-14)12-15(22)20-16(17-19-9-11-23-17)13-4-2-1-3-5-13/h1-5,9,11,14,16H,6-7,10,12H2,(H,20,22)/t16-/m0/s1. The molecule has 0 spiro atoms. The van der Waals surface area contributed by atoms with Gasteiger partial charge in [-0.05, 0) is 18.4 Å². The first-order valence-corrected chi connectivity index (χ1v) is 8.50. The van der Waals surface area contributed by atoms with Crippen molar-refractivity contribution >= 4 is 17.2 Å². The lowest BCUT2D eigenvalue weighted by Crippen LogP contribution is -2.40. The predicted octanol–water partition coefficient (Wildman–Crippen LogP) is 2.34. The van der Waals surface area contributed by atoms with Gasteiger partial charge in [0.25, 0.3) is 0 Å². The van der Waals surface area contributed by atoms with E-state index in [2.05, 4.69) is 16.4 Å². The van der Waals surface area contributed by atoms with Gasteiger partial charge in [0.1, 0.15) is 11.0 Å². The Morgan fingerprint density at radius 2 is 2.22 bits per heavy atom. The maximum Gasteiger partial charge on any atom is 0.235 e. The Kier molecular flexibility index (Phi) is 5.01. The highest BCUT2D eigenvalue weighted by Crippen LogP contribution is 2.27. The molecule has 6 heteroatoms. The highest BCUT2D eigenvalue weighted by Gasteiger charge is 2.30. The number of carbonyl (C=O) groups is 1. The van der Waals surface area contributed by atoms with E-state index in [1.807, 2.05) is 40.6 Å². The molecule has 1 heterocycles. The van der Waals surface area contributed by atoms with Crippen molar-refractivity contribution in [3.8, 4) is 6.07 Å². The Bertz CT molecular complexity index is 676. The second-order valence-electron chi connectivity index (χ2n) is 5.58. The van der Waals surface area contributed by atoms with E-state index in [1.165, 1.54) is 11.3 Å². The molecule has 118 valence electrons. The van der Waals surface area contributed by atoms with Crippen LogP contribution in [0.25, 0.3) is 0 Å². The van der Waals surface area contributed by atoms with Crippen LogP contribution in [-0.2, 0) is 4.79 Å². The summed E-state index contributed by atoms with van der Waals surface area (Å²) >= 11 is 1.52. The molecule has 3 rings (SSSR count). The molecule has 1 aromatic carbocycles. The van der Waals surface area contributed by atoms with Gasteiger partial charge < -0.3 is 5.32 Å². The van der Waals surface area contributed by atoms with Crippen molar-refractivity contribution < 1.29 is 4.79 Å². The molecule has 23 heavy (non-hydrogen) atoms. The largest absolute Gasteiger partial charge is 0.342 e. The lowest BCUT2D eigenvalue weighted by atomic mass is 10.1. The fourth-order valence-corrected chi connectivity index (χ4v) is 3.26. The Morgan fingerprint density at radius 3 is 2.83 bits per heavy atom. The zero-order chi connectivity index (χ0) is 16.1. The molecular formula is C17H18N4OS. The Labute approximate surface area is 139 Å². The normalized spacial score (nSPS) is 15.1. The van der Waals surface area contributed by atoms with E-state index in [4.69, 9.17) is 5.26 Å². The van der Waals surface area contributed by atoms with Crippen molar-refractivity contribution in [2.24, 2.45) is 0 Å². The van der Waals surface area contributed by atoms with Crippen molar-refractivity contribution in [2.75, 3.05) is 13.1 Å². The van der Waals surface area contributed by atoms with Crippen molar-refractivity contribution in [3.63, 3.8) is 0 Å². The van der Waals surface area contributed by atoms with E-state index in [0.717, 1.165) is 23.4 Å². The van der Waals surface area contributed by atoms with Gasteiger partial charge in [0.2, 0.25) is 5.91 Å². The van der Waals surface area contributed by atoms with E-state index in [-0.39, 0.29) is 18.5 Å². The number of nitrogens with one attached hydrogen (secondary N) is 1. The molecule has 0 aliphatic heterocycles. The number of nitriles is 1. The summed E-state index contributed by atoms with van der Waals surface area (Å²) in [6, 6.07) is 12.1. The van der Waals surface area contributed by atoms with Crippen LogP contribution in [0.15, 0.2) is 41.9 Å². The fourth-order valence-electron chi connectivity index (χ4n) is 2.55. The highest BCUT2D eigenvalue weighted by molar-refractivity contribution is 7.09. The number of amides is 1. The highest BCUT2D eigenvalue weighted by atomic mass is 32.1. The van der Waals surface area contributed by atoms with Gasteiger partial charge >= 0.3 is 0 Å². The van der Waals surface area contributed by atoms with Crippen LogP contribution >= 0.6 is 11.3 Å². The zero-order valence-electron chi connectivity index (χ0n) is 12.7. The van der Waals surface area contributed by atoms with E-state index in [1.54, 1.807) is 6.20 Å². The van der Waals surface area contributed by atoms with Gasteiger partial charge in [0.15, 0.2) is 0 Å². The first-order valence-electron chi connectivity index (χ1n) is 7.62. The molecule has 2 aromatic rings. The maximum absolute atomic E-state index is 12.5. The van der Waals surface area contributed by atoms with Crippen molar-refractivity contribution in [2.45, 2.75) is 24.9 Å². The molecule has 0 bridgehead atoms. The number of thiazole rings is 1. The lowest BCUT2D eigenvalue weighted by Gasteiger charge is -2.21. The summed E-state index contributed by atoms with van der Waals surface area (Å²) in [4.78, 5) is 18.7. The summed E-state index contributed by atoms with van der Waals surface area (Å²) < 4.78 is 0. The molecule has 5 nitrogen and oxygen atoms in total. The molecular weight excluding hydrogens is 308 g/mol. The summed E-state index contributed by atoms with van der Waals surface area (Å²) in [5, 5.41) is 14.7. The van der Waals surface area contributed by atoms with Gasteiger partial charge in [-0.1, -0.05) is 30.3 Å². The lowest BCUT2D eigenvalue weighted by molar-refractivity contribution is -0.122. The monoisotopic (exact) mass is 326 g/mol. The quantitative estimate of drug-likeness (QED) is 0.793. The Hall–Kier alpha value is -2.23. The van der Waals surface area contributed by atoms with E-state index in [9.17, 15) is 4.79 Å². The molecule has 1 aromatic heterocycles. The summed E-state index contributed by atoms with van der Waals surface area (Å²) in [5.74, 6) is -0.0730. The number of hydrogen-bond acceptors (Lipinski definition) is 5. The third kappa shape index (κ3) is 4.15. The third-order valence-corrected chi connectivity index (χ3v) is 4.66. The van der Waals surface area contributed by atoms with E-state index >= 15 is 0 Å². The van der Waals surface area contributed by atoms with Gasteiger partial charge in [-0.3, -0.25) is 9.69 Å². The van der Waals surface area contributed by atoms with Crippen LogP contribution in [0.4, 0.5) is 0 Å². The fraction of sp³-hybridized carbons (Fsp3) is 0.353. The first-order chi connectivity index (χ1) is 11.3. The van der Waals surface area contributed by atoms with Crippen LogP contribution in [0.5, 0.6) is 0 Å². The van der Waals surface area contributed by atoms with Crippen molar-refractivity contribution in [1.82, 2.24) is 15.2 Å². The minimum Gasteiger partial charge on any atom is -0.342 e. The molecule has 1 N–H and O–H groups in total.